The molecule has 4 heteroatoms. The Morgan fingerprint density at radius 3 is 2.00 bits per heavy atom. The van der Waals surface area contributed by atoms with Crippen LogP contribution in [-0.2, 0) is 0 Å². The van der Waals surface area contributed by atoms with Gasteiger partial charge in [-0.1, -0.05) is 0 Å². The molecule has 0 saturated heterocycles. The molecular weight excluding hydrogens is 110 g/mol. The lowest BCUT2D eigenvalue weighted by Crippen LogP contribution is -2.34. The molecule has 0 atom stereocenters. The monoisotopic (exact) mass is 121 g/mol. The normalized spacial score (nSPS) is 12.0. The summed E-state index contributed by atoms with van der Waals surface area (Å²) in [6, 6.07) is 0. The van der Waals surface area contributed by atoms with Crippen molar-refractivity contribution < 1.29 is 15.3 Å². The van der Waals surface area contributed by atoms with Crippen molar-refractivity contribution in [2.24, 2.45) is 5.73 Å². The molecule has 0 aliphatic heterocycles. The maximum Gasteiger partial charge on any atom is 0.187 e. The highest BCUT2D eigenvalue weighted by Crippen LogP contribution is 2.00. The van der Waals surface area contributed by atoms with Gasteiger partial charge in [0.15, 0.2) is 5.79 Å². The summed E-state index contributed by atoms with van der Waals surface area (Å²) in [5.41, 5.74) is 4.96. The van der Waals surface area contributed by atoms with Crippen molar-refractivity contribution in [2.45, 2.75) is 12.2 Å². The highest BCUT2D eigenvalue weighted by molar-refractivity contribution is 4.61. The van der Waals surface area contributed by atoms with E-state index in [-0.39, 0.29) is 13.0 Å². The number of aliphatic hydroxyl groups excluding tert-OH is 1. The van der Waals surface area contributed by atoms with E-state index in [9.17, 15) is 0 Å². The van der Waals surface area contributed by atoms with E-state index in [1.54, 1.807) is 0 Å². The Kier molecular flexibility index (Phi) is 2.93. The molecule has 0 radical (unpaired) electrons. The van der Waals surface area contributed by atoms with Crippen LogP contribution in [0, 0.1) is 0 Å². The summed E-state index contributed by atoms with van der Waals surface area (Å²) in [6.45, 7) is -0.502. The van der Waals surface area contributed by atoms with Gasteiger partial charge in [-0.15, -0.1) is 0 Å². The zero-order valence-corrected chi connectivity index (χ0v) is 4.54. The first-order valence-corrected chi connectivity index (χ1v) is 2.38. The molecule has 0 heterocycles. The molecule has 0 bridgehead atoms. The maximum absolute atomic E-state index is 8.55. The van der Waals surface area contributed by atoms with E-state index < -0.39 is 12.4 Å². The molecule has 4 nitrogen and oxygen atoms in total. The van der Waals surface area contributed by atoms with Crippen LogP contribution in [0.5, 0.6) is 0 Å². The minimum atomic E-state index is -1.98. The van der Waals surface area contributed by atoms with Gasteiger partial charge in [-0.05, 0) is 6.54 Å². The largest absolute Gasteiger partial charge is 0.391 e. The Morgan fingerprint density at radius 2 is 1.88 bits per heavy atom. The summed E-state index contributed by atoms with van der Waals surface area (Å²) in [5, 5.41) is 25.3. The van der Waals surface area contributed by atoms with Crippen molar-refractivity contribution in [3.63, 3.8) is 0 Å². The minimum absolute atomic E-state index is 0.00347. The average Bonchev–Trinajstić information content (AvgIpc) is 1.67. The smallest absolute Gasteiger partial charge is 0.187 e. The molecule has 0 aromatic carbocycles. The predicted octanol–water partition coefficient (Wildman–Crippen LogP) is -1.99. The second kappa shape index (κ2) is 2.99. The van der Waals surface area contributed by atoms with E-state index >= 15 is 0 Å². The third kappa shape index (κ3) is 2.92. The molecule has 8 heavy (non-hydrogen) atoms. The van der Waals surface area contributed by atoms with Crippen LogP contribution in [0.25, 0.3) is 0 Å². The van der Waals surface area contributed by atoms with Crippen LogP contribution in [-0.4, -0.2) is 34.3 Å². The van der Waals surface area contributed by atoms with Gasteiger partial charge in [0.2, 0.25) is 0 Å². The molecule has 5 N–H and O–H groups in total. The number of rotatable bonds is 3. The van der Waals surface area contributed by atoms with Crippen LogP contribution < -0.4 is 5.73 Å². The van der Waals surface area contributed by atoms with Crippen LogP contribution >= 0.6 is 0 Å². The Labute approximate surface area is 47.6 Å². The van der Waals surface area contributed by atoms with E-state index in [2.05, 4.69) is 0 Å². The van der Waals surface area contributed by atoms with Crippen molar-refractivity contribution >= 4 is 0 Å². The molecule has 0 spiro atoms. The second-order valence-corrected chi connectivity index (χ2v) is 1.68. The van der Waals surface area contributed by atoms with Crippen molar-refractivity contribution in [1.82, 2.24) is 0 Å². The first-order valence-electron chi connectivity index (χ1n) is 2.38. The van der Waals surface area contributed by atoms with Gasteiger partial charge in [0.25, 0.3) is 0 Å². The van der Waals surface area contributed by atoms with Crippen molar-refractivity contribution in [3.8, 4) is 0 Å². The van der Waals surface area contributed by atoms with Crippen LogP contribution in [0.15, 0.2) is 0 Å². The van der Waals surface area contributed by atoms with E-state index in [0.717, 1.165) is 0 Å². The molecule has 0 aliphatic rings. The Morgan fingerprint density at radius 1 is 1.38 bits per heavy atom. The van der Waals surface area contributed by atoms with E-state index in [4.69, 9.17) is 21.1 Å². The van der Waals surface area contributed by atoms with Crippen molar-refractivity contribution in [3.05, 3.63) is 0 Å². The zero-order chi connectivity index (χ0) is 6.62. The van der Waals surface area contributed by atoms with E-state index in [1.165, 1.54) is 0 Å². The number of nitrogens with two attached hydrogens (primary N) is 1. The van der Waals surface area contributed by atoms with E-state index in [0.29, 0.717) is 0 Å². The van der Waals surface area contributed by atoms with Crippen molar-refractivity contribution in [1.29, 1.82) is 0 Å². The molecule has 0 aromatic rings. The lowest BCUT2D eigenvalue weighted by Gasteiger charge is -2.16. The van der Waals surface area contributed by atoms with Gasteiger partial charge >= 0.3 is 0 Å². The molecule has 50 valence electrons. The molecule has 0 aromatic heterocycles. The highest BCUT2D eigenvalue weighted by atomic mass is 16.5. The van der Waals surface area contributed by atoms with Crippen LogP contribution in [0.2, 0.25) is 0 Å². The van der Waals surface area contributed by atoms with Gasteiger partial charge < -0.3 is 21.1 Å². The van der Waals surface area contributed by atoms with Gasteiger partial charge in [-0.3, -0.25) is 0 Å². The average molecular weight is 121 g/mol. The lowest BCUT2D eigenvalue weighted by atomic mass is 10.2. The summed E-state index contributed by atoms with van der Waals surface area (Å²) in [7, 11) is 0. The summed E-state index contributed by atoms with van der Waals surface area (Å²) < 4.78 is 0. The van der Waals surface area contributed by atoms with E-state index in [1.807, 2.05) is 0 Å². The second-order valence-electron chi connectivity index (χ2n) is 1.68. The molecule has 0 aliphatic carbocycles. The molecule has 0 unspecified atom stereocenters. The van der Waals surface area contributed by atoms with Gasteiger partial charge in [0.1, 0.15) is 0 Å². The summed E-state index contributed by atoms with van der Waals surface area (Å²) in [6.07, 6.45) is 0.00347. The quantitative estimate of drug-likeness (QED) is 0.325. The van der Waals surface area contributed by atoms with Crippen molar-refractivity contribution in [2.75, 3.05) is 13.2 Å². The first-order chi connectivity index (χ1) is 3.62. The Balaban J connectivity index is 3.37. The summed E-state index contributed by atoms with van der Waals surface area (Å²) >= 11 is 0. The highest BCUT2D eigenvalue weighted by Gasteiger charge is 2.19. The summed E-state index contributed by atoms with van der Waals surface area (Å²) in [4.78, 5) is 0. The third-order valence-corrected chi connectivity index (χ3v) is 0.798. The topological polar surface area (TPSA) is 86.7 Å². The van der Waals surface area contributed by atoms with Crippen LogP contribution in [0.4, 0.5) is 0 Å². The molecular formula is C4H11NO3. The van der Waals surface area contributed by atoms with Gasteiger partial charge in [-0.25, -0.2) is 0 Å². The van der Waals surface area contributed by atoms with Crippen LogP contribution in [0.3, 0.4) is 0 Å². The molecule has 0 rings (SSSR count). The third-order valence-electron chi connectivity index (χ3n) is 0.798. The summed E-state index contributed by atoms with van der Waals surface area (Å²) in [5.74, 6) is -1.98. The lowest BCUT2D eigenvalue weighted by molar-refractivity contribution is -0.188. The van der Waals surface area contributed by atoms with Gasteiger partial charge in [-0.2, -0.15) is 0 Å². The fraction of sp³-hybridized carbons (Fsp3) is 1.00. The SMILES string of the molecule is NCCC(O)(O)CO. The molecule has 0 fully saturated rings. The standard InChI is InChI=1S/C4H11NO3/c5-2-1-4(7,8)3-6/h6-8H,1-3,5H2. The molecule has 0 amide bonds. The maximum atomic E-state index is 8.55. The minimum Gasteiger partial charge on any atom is -0.391 e. The Hall–Kier alpha value is -0.160. The van der Waals surface area contributed by atoms with Crippen LogP contribution in [0.1, 0.15) is 6.42 Å². The predicted molar refractivity (Wildman–Crippen MR) is 27.9 cm³/mol. The fourth-order valence-corrected chi connectivity index (χ4v) is 0.310. The first kappa shape index (κ1) is 7.84. The number of hydrogen-bond donors (Lipinski definition) is 4. The number of aliphatic hydroxyl groups is 3. The number of hydrogen-bond acceptors (Lipinski definition) is 4. The zero-order valence-electron chi connectivity index (χ0n) is 4.54. The van der Waals surface area contributed by atoms with Gasteiger partial charge in [0, 0.05) is 6.42 Å². The Bertz CT molecular complexity index is 64.3. The fourth-order valence-electron chi connectivity index (χ4n) is 0.310. The molecule has 0 saturated carbocycles. The van der Waals surface area contributed by atoms with Gasteiger partial charge in [0.05, 0.1) is 6.61 Å².